The molecule has 1 fully saturated rings. The average molecular weight is 248 g/mol. The number of carbonyl (C=O) groups is 2. The summed E-state index contributed by atoms with van der Waals surface area (Å²) in [7, 11) is 0. The first-order valence-corrected chi connectivity index (χ1v) is 5.94. The van der Waals surface area contributed by atoms with Gasteiger partial charge in [0.15, 0.2) is 0 Å². The van der Waals surface area contributed by atoms with Gasteiger partial charge in [0.1, 0.15) is 0 Å². The van der Waals surface area contributed by atoms with E-state index in [1.807, 2.05) is 0 Å². The first kappa shape index (κ1) is 12.3. The van der Waals surface area contributed by atoms with Crippen molar-refractivity contribution in [1.29, 1.82) is 0 Å². The lowest BCUT2D eigenvalue weighted by Crippen LogP contribution is -2.26. The highest BCUT2D eigenvalue weighted by atomic mass is 16.2. The minimum absolute atomic E-state index is 0.0666. The van der Waals surface area contributed by atoms with Gasteiger partial charge in [-0.05, 0) is 18.9 Å². The van der Waals surface area contributed by atoms with Gasteiger partial charge in [-0.25, -0.2) is 0 Å². The monoisotopic (exact) mass is 248 g/mol. The zero-order valence-corrected chi connectivity index (χ0v) is 9.98. The van der Waals surface area contributed by atoms with E-state index in [4.69, 9.17) is 5.73 Å². The number of anilines is 2. The molecule has 1 aromatic rings. The summed E-state index contributed by atoms with van der Waals surface area (Å²) in [5.74, 6) is -0.0484. The van der Waals surface area contributed by atoms with Gasteiger partial charge in [0.2, 0.25) is 11.8 Å². The number of nitrogens with zero attached hydrogens (tertiary/aromatic N) is 1. The minimum atomic E-state index is -0.115. The Hall–Kier alpha value is -2.11. The molecule has 0 saturated carbocycles. The van der Waals surface area contributed by atoms with Gasteiger partial charge in [-0.1, -0.05) is 0 Å². The average Bonchev–Trinajstić information content (AvgIpc) is 2.76. The number of nitrogen functional groups attached to an aromatic ring is 1. The van der Waals surface area contributed by atoms with Crippen LogP contribution in [0.3, 0.4) is 0 Å². The third-order valence-electron chi connectivity index (χ3n) is 2.93. The molecule has 1 aliphatic rings. The molecule has 4 N–H and O–H groups in total. The van der Waals surface area contributed by atoms with Crippen LogP contribution in [-0.2, 0) is 9.59 Å². The number of aromatic nitrogens is 1. The lowest BCUT2D eigenvalue weighted by Gasteiger charge is -2.10. The molecule has 2 amide bonds. The maximum Gasteiger partial charge on any atom is 0.224 e. The van der Waals surface area contributed by atoms with E-state index < -0.39 is 0 Å². The van der Waals surface area contributed by atoms with Crippen LogP contribution in [0.15, 0.2) is 18.5 Å². The third kappa shape index (κ3) is 3.19. The number of rotatable bonds is 4. The SMILES string of the molecule is Nc1ccncc1NC(=O)CCC1CCC(=O)N1. The summed E-state index contributed by atoms with van der Waals surface area (Å²) in [5.41, 5.74) is 6.71. The summed E-state index contributed by atoms with van der Waals surface area (Å²) < 4.78 is 0. The lowest BCUT2D eigenvalue weighted by atomic mass is 10.1. The van der Waals surface area contributed by atoms with E-state index in [0.29, 0.717) is 30.6 Å². The van der Waals surface area contributed by atoms with Crippen LogP contribution in [0.5, 0.6) is 0 Å². The van der Waals surface area contributed by atoms with E-state index >= 15 is 0 Å². The van der Waals surface area contributed by atoms with Gasteiger partial charge in [0.25, 0.3) is 0 Å². The van der Waals surface area contributed by atoms with Crippen molar-refractivity contribution < 1.29 is 9.59 Å². The van der Waals surface area contributed by atoms with Crippen molar-refractivity contribution in [2.45, 2.75) is 31.7 Å². The third-order valence-corrected chi connectivity index (χ3v) is 2.93. The largest absolute Gasteiger partial charge is 0.397 e. The molecule has 1 unspecified atom stereocenters. The first-order valence-electron chi connectivity index (χ1n) is 5.94. The van der Waals surface area contributed by atoms with E-state index in [2.05, 4.69) is 15.6 Å². The van der Waals surface area contributed by atoms with E-state index in [1.54, 1.807) is 12.3 Å². The highest BCUT2D eigenvalue weighted by molar-refractivity contribution is 5.93. The number of nitrogens with two attached hydrogens (primary N) is 1. The van der Waals surface area contributed by atoms with E-state index in [0.717, 1.165) is 6.42 Å². The first-order chi connectivity index (χ1) is 8.65. The number of amides is 2. The smallest absolute Gasteiger partial charge is 0.224 e. The van der Waals surface area contributed by atoms with Crippen LogP contribution in [0.4, 0.5) is 11.4 Å². The Balaban J connectivity index is 1.79. The van der Waals surface area contributed by atoms with Crippen LogP contribution in [-0.4, -0.2) is 22.8 Å². The second kappa shape index (κ2) is 5.48. The van der Waals surface area contributed by atoms with Gasteiger partial charge in [-0.2, -0.15) is 0 Å². The van der Waals surface area contributed by atoms with Crippen LogP contribution in [0.1, 0.15) is 25.7 Å². The van der Waals surface area contributed by atoms with Crippen LogP contribution in [0.2, 0.25) is 0 Å². The molecule has 0 spiro atoms. The topological polar surface area (TPSA) is 97.1 Å². The van der Waals surface area contributed by atoms with Crippen molar-refractivity contribution in [2.24, 2.45) is 0 Å². The van der Waals surface area contributed by atoms with Crippen molar-refractivity contribution >= 4 is 23.2 Å². The molecule has 1 atom stereocenters. The number of carbonyl (C=O) groups excluding carboxylic acids is 2. The Labute approximate surface area is 105 Å². The molecule has 0 aliphatic carbocycles. The lowest BCUT2D eigenvalue weighted by molar-refractivity contribution is -0.120. The van der Waals surface area contributed by atoms with Crippen molar-refractivity contribution in [3.8, 4) is 0 Å². The molecule has 96 valence electrons. The second-order valence-electron chi connectivity index (χ2n) is 4.35. The number of hydrogen-bond acceptors (Lipinski definition) is 4. The number of pyridine rings is 1. The van der Waals surface area contributed by atoms with Gasteiger partial charge in [0, 0.05) is 25.1 Å². The molecule has 18 heavy (non-hydrogen) atoms. The Bertz CT molecular complexity index is 461. The fraction of sp³-hybridized carbons (Fsp3) is 0.417. The maximum absolute atomic E-state index is 11.7. The minimum Gasteiger partial charge on any atom is -0.397 e. The summed E-state index contributed by atoms with van der Waals surface area (Å²) in [6.45, 7) is 0. The van der Waals surface area contributed by atoms with Gasteiger partial charge in [-0.15, -0.1) is 0 Å². The van der Waals surface area contributed by atoms with Crippen molar-refractivity contribution in [2.75, 3.05) is 11.1 Å². The van der Waals surface area contributed by atoms with Crippen LogP contribution in [0, 0.1) is 0 Å². The zero-order valence-electron chi connectivity index (χ0n) is 9.98. The molecule has 1 aromatic heterocycles. The molecular weight excluding hydrogens is 232 g/mol. The van der Waals surface area contributed by atoms with Crippen LogP contribution >= 0.6 is 0 Å². The zero-order chi connectivity index (χ0) is 13.0. The maximum atomic E-state index is 11.7. The quantitative estimate of drug-likeness (QED) is 0.729. The molecule has 1 saturated heterocycles. The highest BCUT2D eigenvalue weighted by Crippen LogP contribution is 2.16. The van der Waals surface area contributed by atoms with E-state index in [9.17, 15) is 9.59 Å². The predicted molar refractivity (Wildman–Crippen MR) is 67.7 cm³/mol. The molecular formula is C12H16N4O2. The Morgan fingerprint density at radius 3 is 3.11 bits per heavy atom. The molecule has 1 aliphatic heterocycles. The summed E-state index contributed by atoms with van der Waals surface area (Å²) in [5, 5.41) is 5.53. The summed E-state index contributed by atoms with van der Waals surface area (Å²) in [4.78, 5) is 26.6. The summed E-state index contributed by atoms with van der Waals surface area (Å²) >= 11 is 0. The molecule has 0 bridgehead atoms. The fourth-order valence-electron chi connectivity index (χ4n) is 1.92. The van der Waals surface area contributed by atoms with Crippen molar-refractivity contribution in [1.82, 2.24) is 10.3 Å². The number of nitrogens with one attached hydrogen (secondary N) is 2. The second-order valence-corrected chi connectivity index (χ2v) is 4.35. The van der Waals surface area contributed by atoms with Crippen molar-refractivity contribution in [3.63, 3.8) is 0 Å². The molecule has 6 heteroatoms. The summed E-state index contributed by atoms with van der Waals surface area (Å²) in [6.07, 6.45) is 5.46. The fourth-order valence-corrected chi connectivity index (χ4v) is 1.92. The molecule has 6 nitrogen and oxygen atoms in total. The van der Waals surface area contributed by atoms with Gasteiger partial charge >= 0.3 is 0 Å². The highest BCUT2D eigenvalue weighted by Gasteiger charge is 2.21. The number of hydrogen-bond donors (Lipinski definition) is 3. The van der Waals surface area contributed by atoms with Gasteiger partial charge in [-0.3, -0.25) is 14.6 Å². The summed E-state index contributed by atoms with van der Waals surface area (Å²) in [6, 6.07) is 1.75. The van der Waals surface area contributed by atoms with Crippen LogP contribution < -0.4 is 16.4 Å². The van der Waals surface area contributed by atoms with Gasteiger partial charge in [0.05, 0.1) is 17.6 Å². The Kier molecular flexibility index (Phi) is 3.76. The normalized spacial score (nSPS) is 18.4. The standard InChI is InChI=1S/C12H16N4O2/c13-9-5-6-14-7-10(9)16-12(18)4-2-8-1-3-11(17)15-8/h5-8H,1-4H2,(H2,13,14)(H,15,17)(H,16,18). The van der Waals surface area contributed by atoms with Gasteiger partial charge < -0.3 is 16.4 Å². The predicted octanol–water partition coefficient (Wildman–Crippen LogP) is 0.661. The molecule has 2 rings (SSSR count). The molecule has 2 heterocycles. The van der Waals surface area contributed by atoms with Crippen molar-refractivity contribution in [3.05, 3.63) is 18.5 Å². The Morgan fingerprint density at radius 2 is 2.44 bits per heavy atom. The van der Waals surface area contributed by atoms with Crippen LogP contribution in [0.25, 0.3) is 0 Å². The van der Waals surface area contributed by atoms with E-state index in [1.165, 1.54) is 6.20 Å². The van der Waals surface area contributed by atoms with E-state index in [-0.39, 0.29) is 17.9 Å². The Morgan fingerprint density at radius 1 is 1.61 bits per heavy atom. The molecule has 0 aromatic carbocycles. The molecule has 0 radical (unpaired) electrons.